The van der Waals surface area contributed by atoms with Gasteiger partial charge in [-0.25, -0.2) is 0 Å². The molecule has 1 saturated heterocycles. The number of hydrogen-bond acceptors (Lipinski definition) is 4. The summed E-state index contributed by atoms with van der Waals surface area (Å²) in [6.45, 7) is 4.85. The van der Waals surface area contributed by atoms with Gasteiger partial charge in [0, 0.05) is 6.54 Å². The zero-order valence-electron chi connectivity index (χ0n) is 19.7. The maximum atomic E-state index is 13.3. The molecule has 3 atom stereocenters. The molecule has 0 saturated carbocycles. The highest BCUT2D eigenvalue weighted by Gasteiger charge is 2.48. The number of benzene rings is 2. The summed E-state index contributed by atoms with van der Waals surface area (Å²) in [6.07, 6.45) is -10.1. The number of hydrogen-bond donors (Lipinski definition) is 3. The molecular formula is C25H30F6N2O2. The summed E-state index contributed by atoms with van der Waals surface area (Å²) in [6, 6.07) is 10.7. The van der Waals surface area contributed by atoms with Gasteiger partial charge in [-0.3, -0.25) is 0 Å². The van der Waals surface area contributed by atoms with Crippen LogP contribution in [-0.4, -0.2) is 29.4 Å². The monoisotopic (exact) mass is 504 g/mol. The van der Waals surface area contributed by atoms with Gasteiger partial charge in [-0.15, -0.1) is 0 Å². The van der Waals surface area contributed by atoms with E-state index in [2.05, 4.69) is 5.32 Å². The number of aliphatic hydroxyl groups is 1. The third kappa shape index (κ3) is 5.99. The van der Waals surface area contributed by atoms with E-state index in [4.69, 9.17) is 10.5 Å². The predicted molar refractivity (Wildman–Crippen MR) is 119 cm³/mol. The van der Waals surface area contributed by atoms with Crippen molar-refractivity contribution < 1.29 is 36.2 Å². The fourth-order valence-corrected chi connectivity index (χ4v) is 4.25. The number of nitrogens with two attached hydrogens (primary N) is 1. The van der Waals surface area contributed by atoms with Gasteiger partial charge in [-0.1, -0.05) is 30.3 Å². The minimum Gasteiger partial charge on any atom is -0.389 e. The number of rotatable bonds is 6. The standard InChI is InChI=1S/C25H30F6N2O2/c1-16(17-11-19(24(26,27)28)13-20(12-17)25(29,30)31)35-15-22(18-7-5-4-6-8-18)9-10-23(32,14-33-22)21(2,3)34/h4-8,11-13,16,33-34H,9-10,14-15,32H2,1-3H3/t16?,22?,23-/m0/s1. The zero-order valence-corrected chi connectivity index (χ0v) is 19.7. The van der Waals surface area contributed by atoms with Crippen LogP contribution in [0.4, 0.5) is 26.3 Å². The SMILES string of the molecule is CC(OCC1(c2ccccc2)CC[C@@](N)(C(C)(C)O)CN1)c1cc(C(F)(F)F)cc(C(F)(F)F)c1. The van der Waals surface area contributed by atoms with E-state index in [-0.39, 0.29) is 24.8 Å². The second-order valence-electron chi connectivity index (χ2n) is 9.81. The van der Waals surface area contributed by atoms with Crippen molar-refractivity contribution >= 4 is 0 Å². The third-order valence-corrected chi connectivity index (χ3v) is 6.94. The maximum absolute atomic E-state index is 13.3. The normalized spacial score (nSPS) is 24.9. The number of piperidine rings is 1. The van der Waals surface area contributed by atoms with Crippen molar-refractivity contribution in [2.45, 2.75) is 68.7 Å². The molecule has 0 radical (unpaired) electrons. The van der Waals surface area contributed by atoms with Gasteiger partial charge in [-0.05, 0) is 62.9 Å². The van der Waals surface area contributed by atoms with Crippen LogP contribution in [0.25, 0.3) is 0 Å². The van der Waals surface area contributed by atoms with Crippen LogP contribution < -0.4 is 11.1 Å². The molecule has 2 aromatic rings. The van der Waals surface area contributed by atoms with Crippen molar-refractivity contribution in [3.05, 3.63) is 70.8 Å². The summed E-state index contributed by atoms with van der Waals surface area (Å²) < 4.78 is 85.6. The first-order valence-electron chi connectivity index (χ1n) is 11.2. The minimum atomic E-state index is -4.94. The number of alkyl halides is 6. The third-order valence-electron chi connectivity index (χ3n) is 6.94. The van der Waals surface area contributed by atoms with Crippen LogP contribution in [0.5, 0.6) is 0 Å². The van der Waals surface area contributed by atoms with Crippen molar-refractivity contribution in [2.24, 2.45) is 5.73 Å². The molecular weight excluding hydrogens is 474 g/mol. The lowest BCUT2D eigenvalue weighted by Gasteiger charge is -2.50. The second kappa shape index (κ2) is 9.38. The van der Waals surface area contributed by atoms with Crippen LogP contribution in [0.15, 0.2) is 48.5 Å². The molecule has 0 amide bonds. The van der Waals surface area contributed by atoms with E-state index in [1.165, 1.54) is 6.92 Å². The van der Waals surface area contributed by atoms with Gasteiger partial charge in [0.05, 0.1) is 40.5 Å². The fraction of sp³-hybridized carbons (Fsp3) is 0.520. The molecule has 2 aromatic carbocycles. The van der Waals surface area contributed by atoms with Crippen LogP contribution in [-0.2, 0) is 22.6 Å². The maximum Gasteiger partial charge on any atom is 0.416 e. The van der Waals surface area contributed by atoms with E-state index < -0.39 is 46.3 Å². The minimum absolute atomic E-state index is 0.0300. The Labute approximate surface area is 200 Å². The number of ether oxygens (including phenoxy) is 1. The molecule has 4 N–H and O–H groups in total. The Balaban J connectivity index is 1.89. The molecule has 194 valence electrons. The molecule has 35 heavy (non-hydrogen) atoms. The molecule has 10 heteroatoms. The molecule has 2 unspecified atom stereocenters. The van der Waals surface area contributed by atoms with Crippen LogP contribution in [0.1, 0.15) is 62.0 Å². The zero-order chi connectivity index (χ0) is 26.3. The molecule has 1 heterocycles. The van der Waals surface area contributed by atoms with Crippen LogP contribution in [0, 0.1) is 0 Å². The van der Waals surface area contributed by atoms with E-state index in [1.54, 1.807) is 13.8 Å². The fourth-order valence-electron chi connectivity index (χ4n) is 4.25. The Morgan fingerprint density at radius 1 is 0.971 bits per heavy atom. The number of nitrogens with one attached hydrogen (secondary N) is 1. The quantitative estimate of drug-likeness (QED) is 0.452. The van der Waals surface area contributed by atoms with E-state index in [0.29, 0.717) is 25.0 Å². The largest absolute Gasteiger partial charge is 0.416 e. The van der Waals surface area contributed by atoms with Crippen molar-refractivity contribution in [1.82, 2.24) is 5.32 Å². The highest BCUT2D eigenvalue weighted by molar-refractivity contribution is 5.35. The molecule has 1 aliphatic rings. The first kappa shape index (κ1) is 27.4. The van der Waals surface area contributed by atoms with Crippen molar-refractivity contribution in [3.8, 4) is 0 Å². The van der Waals surface area contributed by atoms with Gasteiger partial charge in [0.25, 0.3) is 0 Å². The molecule has 1 fully saturated rings. The first-order valence-corrected chi connectivity index (χ1v) is 11.2. The molecule has 0 spiro atoms. The Kier molecular flexibility index (Phi) is 7.36. The molecule has 0 aromatic heterocycles. The van der Waals surface area contributed by atoms with E-state index in [1.807, 2.05) is 30.3 Å². The van der Waals surface area contributed by atoms with Crippen LogP contribution in [0.3, 0.4) is 0 Å². The second-order valence-corrected chi connectivity index (χ2v) is 9.81. The van der Waals surface area contributed by atoms with E-state index >= 15 is 0 Å². The summed E-state index contributed by atoms with van der Waals surface area (Å²) in [7, 11) is 0. The van der Waals surface area contributed by atoms with Gasteiger partial charge in [-0.2, -0.15) is 26.3 Å². The Morgan fingerprint density at radius 3 is 1.94 bits per heavy atom. The smallest absolute Gasteiger partial charge is 0.389 e. The van der Waals surface area contributed by atoms with Crippen LogP contribution >= 0.6 is 0 Å². The Morgan fingerprint density at radius 2 is 1.51 bits per heavy atom. The van der Waals surface area contributed by atoms with E-state index in [9.17, 15) is 31.4 Å². The van der Waals surface area contributed by atoms with Gasteiger partial charge in [0.15, 0.2) is 0 Å². The molecule has 0 bridgehead atoms. The van der Waals surface area contributed by atoms with Crippen LogP contribution in [0.2, 0.25) is 0 Å². The lowest BCUT2D eigenvalue weighted by molar-refractivity contribution is -0.143. The lowest BCUT2D eigenvalue weighted by Crippen LogP contribution is -2.69. The summed E-state index contributed by atoms with van der Waals surface area (Å²) in [4.78, 5) is 0. The van der Waals surface area contributed by atoms with Crippen molar-refractivity contribution in [2.75, 3.05) is 13.2 Å². The van der Waals surface area contributed by atoms with Gasteiger partial charge in [0.2, 0.25) is 0 Å². The van der Waals surface area contributed by atoms with Gasteiger partial charge >= 0.3 is 12.4 Å². The summed E-state index contributed by atoms with van der Waals surface area (Å²) in [5.41, 5.74) is 1.37. The summed E-state index contributed by atoms with van der Waals surface area (Å²) >= 11 is 0. The Bertz CT molecular complexity index is 975. The molecule has 4 nitrogen and oxygen atoms in total. The molecule has 1 aliphatic heterocycles. The van der Waals surface area contributed by atoms with Crippen molar-refractivity contribution in [1.29, 1.82) is 0 Å². The first-order chi connectivity index (χ1) is 16.0. The average Bonchev–Trinajstić information content (AvgIpc) is 2.77. The molecule has 0 aliphatic carbocycles. The summed E-state index contributed by atoms with van der Waals surface area (Å²) in [5, 5.41) is 13.9. The predicted octanol–water partition coefficient (Wildman–Crippen LogP) is 5.55. The Hall–Kier alpha value is -2.14. The highest BCUT2D eigenvalue weighted by atomic mass is 19.4. The number of halogens is 6. The van der Waals surface area contributed by atoms with E-state index in [0.717, 1.165) is 5.56 Å². The highest BCUT2D eigenvalue weighted by Crippen LogP contribution is 2.40. The van der Waals surface area contributed by atoms with Crippen molar-refractivity contribution in [3.63, 3.8) is 0 Å². The topological polar surface area (TPSA) is 67.5 Å². The lowest BCUT2D eigenvalue weighted by atomic mass is 9.71. The molecule has 3 rings (SSSR count). The average molecular weight is 505 g/mol. The summed E-state index contributed by atoms with van der Waals surface area (Å²) in [5.74, 6) is 0. The van der Waals surface area contributed by atoms with Gasteiger partial charge < -0.3 is 20.9 Å². The van der Waals surface area contributed by atoms with Gasteiger partial charge in [0.1, 0.15) is 0 Å².